The fraction of sp³-hybridized carbons (Fsp3) is 0.136. The molecule has 0 bridgehead atoms. The Morgan fingerprint density at radius 2 is 1.62 bits per heavy atom. The summed E-state index contributed by atoms with van der Waals surface area (Å²) in [6.45, 7) is 0. The van der Waals surface area contributed by atoms with Gasteiger partial charge in [0.25, 0.3) is 0 Å². The molecule has 1 atom stereocenters. The molecule has 0 N–H and O–H groups in total. The zero-order valence-electron chi connectivity index (χ0n) is 14.5. The van der Waals surface area contributed by atoms with E-state index in [-0.39, 0.29) is 6.04 Å². The summed E-state index contributed by atoms with van der Waals surface area (Å²) in [6, 6.07) is 26.5. The fourth-order valence-corrected chi connectivity index (χ4v) is 3.33. The number of benzene rings is 3. The van der Waals surface area contributed by atoms with Gasteiger partial charge in [-0.3, -0.25) is 0 Å². The smallest absolute Gasteiger partial charge is 0.119 e. The average molecular weight is 363 g/mol. The number of nitrogens with zero attached hydrogens (tertiary/aromatic N) is 2. The van der Waals surface area contributed by atoms with Crippen molar-refractivity contribution < 1.29 is 4.74 Å². The van der Waals surface area contributed by atoms with Gasteiger partial charge in [0.05, 0.1) is 18.8 Å². The summed E-state index contributed by atoms with van der Waals surface area (Å²) < 4.78 is 5.28. The number of ether oxygens (including phenoxy) is 1. The third kappa shape index (κ3) is 3.31. The van der Waals surface area contributed by atoms with Crippen LogP contribution in [0.15, 0.2) is 83.9 Å². The number of rotatable bonds is 4. The second-order valence-electron chi connectivity index (χ2n) is 6.20. The molecule has 1 heterocycles. The van der Waals surface area contributed by atoms with Crippen LogP contribution in [-0.4, -0.2) is 12.9 Å². The molecule has 1 unspecified atom stereocenters. The molecule has 0 spiro atoms. The summed E-state index contributed by atoms with van der Waals surface area (Å²) >= 11 is 6.05. The third-order valence-electron chi connectivity index (χ3n) is 4.59. The molecule has 0 amide bonds. The minimum absolute atomic E-state index is 0.253. The predicted octanol–water partition coefficient (Wildman–Crippen LogP) is 6.03. The van der Waals surface area contributed by atoms with Crippen molar-refractivity contribution in [3.05, 3.63) is 89.4 Å². The van der Waals surface area contributed by atoms with Crippen molar-refractivity contribution in [2.75, 3.05) is 12.0 Å². The number of hydrogen-bond acceptors (Lipinski definition) is 2. The predicted molar refractivity (Wildman–Crippen MR) is 108 cm³/mol. The molecule has 3 aromatic rings. The van der Waals surface area contributed by atoms with Crippen LogP contribution in [0.25, 0.3) is 0 Å². The molecule has 0 aliphatic carbocycles. The third-order valence-corrected chi connectivity index (χ3v) is 4.84. The van der Waals surface area contributed by atoms with Crippen molar-refractivity contribution in [3.63, 3.8) is 0 Å². The molecular weight excluding hydrogens is 344 g/mol. The van der Waals surface area contributed by atoms with Gasteiger partial charge in [-0.25, -0.2) is 4.99 Å². The van der Waals surface area contributed by atoms with E-state index in [1.165, 1.54) is 5.56 Å². The highest BCUT2D eigenvalue weighted by Crippen LogP contribution is 2.41. The van der Waals surface area contributed by atoms with E-state index in [1.54, 1.807) is 7.11 Å². The van der Waals surface area contributed by atoms with Gasteiger partial charge in [-0.2, -0.15) is 0 Å². The van der Waals surface area contributed by atoms with Crippen LogP contribution in [0.4, 0.5) is 11.4 Å². The van der Waals surface area contributed by atoms with Crippen LogP contribution in [-0.2, 0) is 0 Å². The molecule has 3 nitrogen and oxygen atoms in total. The maximum Gasteiger partial charge on any atom is 0.119 e. The van der Waals surface area contributed by atoms with Crippen LogP contribution in [0, 0.1) is 0 Å². The van der Waals surface area contributed by atoms with Crippen LogP contribution in [0.2, 0.25) is 5.02 Å². The van der Waals surface area contributed by atoms with Gasteiger partial charge >= 0.3 is 0 Å². The number of para-hydroxylation sites is 1. The van der Waals surface area contributed by atoms with E-state index in [1.807, 2.05) is 54.6 Å². The summed E-state index contributed by atoms with van der Waals surface area (Å²) in [7, 11) is 1.68. The van der Waals surface area contributed by atoms with E-state index >= 15 is 0 Å². The maximum absolute atomic E-state index is 6.05. The van der Waals surface area contributed by atoms with Crippen molar-refractivity contribution in [3.8, 4) is 5.75 Å². The van der Waals surface area contributed by atoms with Crippen molar-refractivity contribution in [1.29, 1.82) is 0 Å². The van der Waals surface area contributed by atoms with Gasteiger partial charge in [0.15, 0.2) is 0 Å². The van der Waals surface area contributed by atoms with Crippen LogP contribution < -0.4 is 9.64 Å². The van der Waals surface area contributed by atoms with Crippen molar-refractivity contribution >= 4 is 28.8 Å². The number of amidine groups is 1. The Kier molecular flexibility index (Phi) is 4.63. The Bertz CT molecular complexity index is 905. The lowest BCUT2D eigenvalue weighted by Gasteiger charge is -2.44. The lowest BCUT2D eigenvalue weighted by molar-refractivity contribution is 0.415. The molecule has 4 rings (SSSR count). The van der Waals surface area contributed by atoms with Gasteiger partial charge in [-0.05, 0) is 54.1 Å². The molecule has 26 heavy (non-hydrogen) atoms. The van der Waals surface area contributed by atoms with Gasteiger partial charge in [0, 0.05) is 17.1 Å². The second-order valence-corrected chi connectivity index (χ2v) is 6.64. The molecule has 4 heteroatoms. The average Bonchev–Trinajstić information content (AvgIpc) is 2.67. The van der Waals surface area contributed by atoms with Crippen LogP contribution in [0.1, 0.15) is 18.0 Å². The summed E-state index contributed by atoms with van der Waals surface area (Å²) in [5.74, 6) is 1.90. The van der Waals surface area contributed by atoms with Crippen molar-refractivity contribution in [1.82, 2.24) is 0 Å². The quantitative estimate of drug-likeness (QED) is 0.566. The zero-order valence-corrected chi connectivity index (χ0v) is 15.2. The van der Waals surface area contributed by atoms with Gasteiger partial charge in [0.2, 0.25) is 0 Å². The molecule has 0 aromatic heterocycles. The molecule has 130 valence electrons. The first kappa shape index (κ1) is 16.7. The Labute approximate surface area is 158 Å². The standard InChI is InChI=1S/C22H19ClN2O/c1-26-20-13-11-19(12-14-20)25-21(16-7-9-17(23)10-8-16)15-22(25)24-18-5-3-2-4-6-18/h2-14,21H,15H2,1H3/b24-22+. The van der Waals surface area contributed by atoms with E-state index in [0.717, 1.165) is 34.4 Å². The van der Waals surface area contributed by atoms with E-state index in [9.17, 15) is 0 Å². The Hall–Kier alpha value is -2.78. The maximum atomic E-state index is 6.05. The Morgan fingerprint density at radius 3 is 2.27 bits per heavy atom. The number of methoxy groups -OCH3 is 1. The lowest BCUT2D eigenvalue weighted by atomic mass is 9.92. The number of halogens is 1. The first-order valence-corrected chi connectivity index (χ1v) is 8.94. The molecule has 1 aliphatic rings. The Balaban J connectivity index is 1.69. The number of hydrogen-bond donors (Lipinski definition) is 0. The second kappa shape index (κ2) is 7.22. The van der Waals surface area contributed by atoms with Gasteiger partial charge in [0.1, 0.15) is 11.6 Å². The molecule has 1 aliphatic heterocycles. The molecule has 1 saturated heterocycles. The molecule has 0 radical (unpaired) electrons. The molecule has 0 saturated carbocycles. The van der Waals surface area contributed by atoms with Crippen molar-refractivity contribution in [2.45, 2.75) is 12.5 Å². The van der Waals surface area contributed by atoms with E-state index < -0.39 is 0 Å². The van der Waals surface area contributed by atoms with Gasteiger partial charge in [-0.1, -0.05) is 41.9 Å². The van der Waals surface area contributed by atoms with E-state index in [4.69, 9.17) is 21.3 Å². The summed E-state index contributed by atoms with van der Waals surface area (Å²) in [5, 5.41) is 0.752. The van der Waals surface area contributed by atoms with Gasteiger partial charge in [-0.15, -0.1) is 0 Å². The summed E-state index contributed by atoms with van der Waals surface area (Å²) in [5.41, 5.74) is 3.31. The van der Waals surface area contributed by atoms with Crippen LogP contribution in [0.3, 0.4) is 0 Å². The number of aliphatic imine (C=N–C) groups is 1. The van der Waals surface area contributed by atoms with Crippen LogP contribution in [0.5, 0.6) is 5.75 Å². The highest BCUT2D eigenvalue weighted by atomic mass is 35.5. The minimum atomic E-state index is 0.253. The zero-order chi connectivity index (χ0) is 17.9. The van der Waals surface area contributed by atoms with E-state index in [0.29, 0.717) is 0 Å². The van der Waals surface area contributed by atoms with E-state index in [2.05, 4.69) is 29.2 Å². The minimum Gasteiger partial charge on any atom is -0.497 e. The van der Waals surface area contributed by atoms with Crippen LogP contribution >= 0.6 is 11.6 Å². The summed E-state index contributed by atoms with van der Waals surface area (Å²) in [6.07, 6.45) is 0.891. The largest absolute Gasteiger partial charge is 0.497 e. The topological polar surface area (TPSA) is 24.8 Å². The Morgan fingerprint density at radius 1 is 0.923 bits per heavy atom. The normalized spacial score (nSPS) is 17.8. The highest BCUT2D eigenvalue weighted by Gasteiger charge is 2.36. The molecule has 1 fully saturated rings. The first-order chi connectivity index (χ1) is 12.7. The molecule has 3 aromatic carbocycles. The van der Waals surface area contributed by atoms with Crippen molar-refractivity contribution in [2.24, 2.45) is 4.99 Å². The summed E-state index contributed by atoms with van der Waals surface area (Å²) in [4.78, 5) is 7.12. The highest BCUT2D eigenvalue weighted by molar-refractivity contribution is 6.30. The first-order valence-electron chi connectivity index (χ1n) is 8.56. The number of anilines is 1. The monoisotopic (exact) mass is 362 g/mol. The molecular formula is C22H19ClN2O. The fourth-order valence-electron chi connectivity index (χ4n) is 3.20. The SMILES string of the molecule is COc1ccc(N2/C(=N/c3ccccc3)CC2c2ccc(Cl)cc2)cc1. The lowest BCUT2D eigenvalue weighted by Crippen LogP contribution is -2.46. The van der Waals surface area contributed by atoms with Gasteiger partial charge < -0.3 is 9.64 Å².